The van der Waals surface area contributed by atoms with Crippen molar-refractivity contribution in [3.05, 3.63) is 245 Å². The van der Waals surface area contributed by atoms with Crippen molar-refractivity contribution in [2.24, 2.45) is 0 Å². The number of benzene rings is 6. The summed E-state index contributed by atoms with van der Waals surface area (Å²) in [5.74, 6) is -0.718. The molecule has 10 atom stereocenters. The first-order valence-electron chi connectivity index (χ1n) is 25.0. The number of carbonyl (C=O) groups is 1. The Labute approximate surface area is 433 Å². The molecule has 7 aromatic rings. The third-order valence-electron chi connectivity index (χ3n) is 12.8. The standard InChI is InChI=1S/C61H63NO12/c1-64-60-57(70-41-49-32-18-7-19-33-49)56(69-40-48-30-16-6-17-31-48)54(52(71-60)43-66-37-45-24-10-3-11-25-45)74-61-58(73-59(63)50-34-20-21-35-62-50)55(68-39-47-28-14-5-15-29-47)53(67-38-46-26-12-4-13-27-46)51(72-61)42-65-36-44-22-8-2-9-23-44/h2-35,51-58,60-61H,36-43H2,1H3/t51-,52-,53-,54-,55+,56+,57-,58-,60+,61+/m1/s1. The molecule has 2 aliphatic heterocycles. The molecule has 0 radical (unpaired) electrons. The van der Waals surface area contributed by atoms with Gasteiger partial charge in [0.2, 0.25) is 0 Å². The van der Waals surface area contributed by atoms with E-state index < -0.39 is 67.4 Å². The molecule has 384 valence electrons. The summed E-state index contributed by atoms with van der Waals surface area (Å²) in [6, 6.07) is 64.1. The molecule has 0 amide bonds. The summed E-state index contributed by atoms with van der Waals surface area (Å²) < 4.78 is 74.6. The number of rotatable bonds is 25. The van der Waals surface area contributed by atoms with Crippen LogP contribution in [-0.4, -0.2) is 92.7 Å². The number of aromatic nitrogens is 1. The second-order valence-corrected chi connectivity index (χ2v) is 18.1. The summed E-state index contributed by atoms with van der Waals surface area (Å²) in [5, 5.41) is 0. The van der Waals surface area contributed by atoms with Crippen LogP contribution in [0.15, 0.2) is 206 Å². The van der Waals surface area contributed by atoms with Gasteiger partial charge in [0.25, 0.3) is 0 Å². The number of pyridine rings is 1. The van der Waals surface area contributed by atoms with Crippen LogP contribution in [0.25, 0.3) is 0 Å². The van der Waals surface area contributed by atoms with Crippen LogP contribution in [0.4, 0.5) is 0 Å². The molecular formula is C61H63NO12. The molecule has 74 heavy (non-hydrogen) atoms. The quantitative estimate of drug-likeness (QED) is 0.0504. The Morgan fingerprint density at radius 2 is 0.770 bits per heavy atom. The van der Waals surface area contributed by atoms with E-state index in [4.69, 9.17) is 52.1 Å². The minimum Gasteiger partial charge on any atom is -0.449 e. The maximum Gasteiger partial charge on any atom is 0.357 e. The lowest BCUT2D eigenvalue weighted by Gasteiger charge is -2.49. The van der Waals surface area contributed by atoms with Crippen molar-refractivity contribution < 1.29 is 56.9 Å². The van der Waals surface area contributed by atoms with Crippen LogP contribution in [0.5, 0.6) is 0 Å². The van der Waals surface area contributed by atoms with E-state index in [0.29, 0.717) is 0 Å². The molecular weight excluding hydrogens is 939 g/mol. The van der Waals surface area contributed by atoms with Gasteiger partial charge in [0.1, 0.15) is 48.4 Å². The van der Waals surface area contributed by atoms with Crippen molar-refractivity contribution in [1.29, 1.82) is 0 Å². The zero-order chi connectivity index (χ0) is 50.6. The average Bonchev–Trinajstić information content (AvgIpc) is 3.46. The van der Waals surface area contributed by atoms with Gasteiger partial charge in [-0.1, -0.05) is 188 Å². The lowest BCUT2D eigenvalue weighted by molar-refractivity contribution is -0.371. The first-order chi connectivity index (χ1) is 36.6. The summed E-state index contributed by atoms with van der Waals surface area (Å²) >= 11 is 0. The van der Waals surface area contributed by atoms with Gasteiger partial charge >= 0.3 is 5.97 Å². The minimum absolute atomic E-state index is 0.0432. The van der Waals surface area contributed by atoms with E-state index >= 15 is 0 Å². The monoisotopic (exact) mass is 1000 g/mol. The predicted octanol–water partition coefficient (Wildman–Crippen LogP) is 9.86. The fraction of sp³-hybridized carbons (Fsp3) is 0.311. The molecule has 0 N–H and O–H groups in total. The van der Waals surface area contributed by atoms with Gasteiger partial charge < -0.3 is 52.1 Å². The fourth-order valence-electron chi connectivity index (χ4n) is 8.99. The van der Waals surface area contributed by atoms with Crippen LogP contribution in [0.2, 0.25) is 0 Å². The second-order valence-electron chi connectivity index (χ2n) is 18.1. The number of ether oxygens (including phenoxy) is 11. The van der Waals surface area contributed by atoms with E-state index in [2.05, 4.69) is 4.98 Å². The Hall–Kier alpha value is -6.46. The Morgan fingerprint density at radius 1 is 0.405 bits per heavy atom. The number of nitrogens with zero attached hydrogens (tertiary/aromatic N) is 1. The van der Waals surface area contributed by atoms with Crippen molar-refractivity contribution >= 4 is 5.97 Å². The summed E-state index contributed by atoms with van der Waals surface area (Å²) in [5.41, 5.74) is 5.69. The second kappa shape index (κ2) is 27.7. The van der Waals surface area contributed by atoms with Crippen molar-refractivity contribution in [1.82, 2.24) is 4.98 Å². The topological polar surface area (TPSA) is 131 Å². The predicted molar refractivity (Wildman–Crippen MR) is 275 cm³/mol. The average molecular weight is 1000 g/mol. The van der Waals surface area contributed by atoms with Crippen molar-refractivity contribution in [2.45, 2.75) is 101 Å². The number of methoxy groups -OCH3 is 1. The van der Waals surface area contributed by atoms with Gasteiger partial charge in [0, 0.05) is 13.3 Å². The maximum absolute atomic E-state index is 14.5. The molecule has 6 aromatic carbocycles. The van der Waals surface area contributed by atoms with Gasteiger partial charge in [0.15, 0.2) is 18.7 Å². The van der Waals surface area contributed by atoms with Gasteiger partial charge in [0.05, 0.1) is 52.9 Å². The molecule has 3 heterocycles. The minimum atomic E-state index is -1.35. The molecule has 13 nitrogen and oxygen atoms in total. The van der Waals surface area contributed by atoms with Gasteiger partial charge in [-0.3, -0.25) is 0 Å². The normalized spacial score (nSPS) is 23.7. The molecule has 2 aliphatic rings. The van der Waals surface area contributed by atoms with Crippen LogP contribution in [0.3, 0.4) is 0 Å². The van der Waals surface area contributed by atoms with Gasteiger partial charge in [-0.15, -0.1) is 0 Å². The highest BCUT2D eigenvalue weighted by Crippen LogP contribution is 2.37. The zero-order valence-corrected chi connectivity index (χ0v) is 41.4. The van der Waals surface area contributed by atoms with Crippen LogP contribution in [0.1, 0.15) is 43.9 Å². The SMILES string of the molecule is CO[C@H]1O[C@H](COCc2ccccc2)[C@@H](O[C@@H]2O[C@H](COCc3ccccc3)[C@@H](OCc3ccccc3)[C@H](OCc3ccccc3)[C@H]2OC(=O)c2ccccn2)[C@H](OCc2ccccc2)[C@H]1OCc1ccccc1. The van der Waals surface area contributed by atoms with E-state index in [0.717, 1.165) is 33.4 Å². The highest BCUT2D eigenvalue weighted by atomic mass is 16.8. The summed E-state index contributed by atoms with van der Waals surface area (Å²) in [6.07, 6.45) is -8.32. The van der Waals surface area contributed by atoms with Gasteiger partial charge in [-0.05, 0) is 45.5 Å². The fourth-order valence-corrected chi connectivity index (χ4v) is 8.99. The van der Waals surface area contributed by atoms with Crippen LogP contribution >= 0.6 is 0 Å². The van der Waals surface area contributed by atoms with Crippen molar-refractivity contribution in [2.75, 3.05) is 20.3 Å². The lowest BCUT2D eigenvalue weighted by atomic mass is 9.95. The number of carbonyl (C=O) groups excluding carboxylic acids is 1. The smallest absolute Gasteiger partial charge is 0.357 e. The third kappa shape index (κ3) is 14.9. The molecule has 0 spiro atoms. The van der Waals surface area contributed by atoms with E-state index in [1.807, 2.05) is 182 Å². The van der Waals surface area contributed by atoms with Crippen LogP contribution in [-0.2, 0) is 91.7 Å². The Morgan fingerprint density at radius 3 is 1.19 bits per heavy atom. The van der Waals surface area contributed by atoms with Crippen molar-refractivity contribution in [3.8, 4) is 0 Å². The molecule has 1 aromatic heterocycles. The maximum atomic E-state index is 14.5. The molecule has 2 fully saturated rings. The Kier molecular flexibility index (Phi) is 19.6. The summed E-state index contributed by atoms with van der Waals surface area (Å²) in [6.45, 7) is 1.38. The Balaban J connectivity index is 1.12. The van der Waals surface area contributed by atoms with E-state index in [1.165, 1.54) is 6.20 Å². The molecule has 13 heteroatoms. The van der Waals surface area contributed by atoms with E-state index in [9.17, 15) is 4.79 Å². The number of hydrogen-bond donors (Lipinski definition) is 0. The highest BCUT2D eigenvalue weighted by Gasteiger charge is 2.55. The van der Waals surface area contributed by atoms with E-state index in [-0.39, 0.29) is 58.5 Å². The molecule has 9 rings (SSSR count). The van der Waals surface area contributed by atoms with E-state index in [1.54, 1.807) is 25.3 Å². The van der Waals surface area contributed by atoms with Gasteiger partial charge in [-0.2, -0.15) is 0 Å². The first kappa shape index (κ1) is 52.4. The number of esters is 1. The molecule has 0 bridgehead atoms. The molecule has 2 saturated heterocycles. The Bertz CT molecular complexity index is 2660. The largest absolute Gasteiger partial charge is 0.449 e. The van der Waals surface area contributed by atoms with Crippen LogP contribution in [0, 0.1) is 0 Å². The molecule has 0 aliphatic carbocycles. The van der Waals surface area contributed by atoms with Crippen LogP contribution < -0.4 is 0 Å². The van der Waals surface area contributed by atoms with Gasteiger partial charge in [-0.25, -0.2) is 9.78 Å². The first-order valence-corrected chi connectivity index (χ1v) is 25.0. The zero-order valence-electron chi connectivity index (χ0n) is 41.4. The van der Waals surface area contributed by atoms with Crippen molar-refractivity contribution in [3.63, 3.8) is 0 Å². The summed E-state index contributed by atoms with van der Waals surface area (Å²) in [7, 11) is 1.57. The number of hydrogen-bond acceptors (Lipinski definition) is 13. The summed E-state index contributed by atoms with van der Waals surface area (Å²) in [4.78, 5) is 18.8. The molecule has 0 saturated carbocycles. The third-order valence-corrected chi connectivity index (χ3v) is 12.8. The lowest BCUT2D eigenvalue weighted by Crippen LogP contribution is -2.66. The highest BCUT2D eigenvalue weighted by molar-refractivity contribution is 5.87. The molecule has 0 unspecified atom stereocenters.